The fraction of sp³-hybridized carbons (Fsp3) is 0.455. The number of hydrogen-bond acceptors (Lipinski definition) is 1. The van der Waals surface area contributed by atoms with E-state index in [0.29, 0.717) is 5.02 Å². The highest BCUT2D eigenvalue weighted by atomic mass is 35.5. The number of halogens is 1. The molecule has 1 aromatic carbocycles. The lowest BCUT2D eigenvalue weighted by molar-refractivity contribution is 0.161. The van der Waals surface area contributed by atoms with Crippen LogP contribution in [0, 0.1) is 0 Å². The first-order chi connectivity index (χ1) is 6.00. The van der Waals surface area contributed by atoms with Crippen molar-refractivity contribution >= 4 is 11.6 Å². The van der Waals surface area contributed by atoms with E-state index >= 15 is 0 Å². The Hall–Kier alpha value is -0.530. The highest BCUT2D eigenvalue weighted by molar-refractivity contribution is 6.30. The number of fused-ring (bicyclic) bond motifs is 1. The molecular weight excluding hydrogens is 184 g/mol. The van der Waals surface area contributed by atoms with Crippen LogP contribution in [0.2, 0.25) is 5.02 Å². The standard InChI is InChI=1S/C11H13ClO/c1-11(2)6-10(13)8-5-7(12)3-4-9(8)11/h3-5,10,13H,6H2,1-2H3/t10-/m0/s1. The third kappa shape index (κ3) is 1.36. The summed E-state index contributed by atoms with van der Waals surface area (Å²) in [4.78, 5) is 0. The molecule has 0 aromatic heterocycles. The molecule has 70 valence electrons. The largest absolute Gasteiger partial charge is 0.388 e. The van der Waals surface area contributed by atoms with Gasteiger partial charge in [0.25, 0.3) is 0 Å². The Labute approximate surface area is 83.3 Å². The van der Waals surface area contributed by atoms with Crippen molar-refractivity contribution in [1.29, 1.82) is 0 Å². The molecule has 0 aliphatic heterocycles. The van der Waals surface area contributed by atoms with Crippen molar-refractivity contribution in [3.05, 3.63) is 34.3 Å². The van der Waals surface area contributed by atoms with E-state index in [4.69, 9.17) is 11.6 Å². The fourth-order valence-electron chi connectivity index (χ4n) is 2.13. The lowest BCUT2D eigenvalue weighted by Gasteiger charge is -2.18. The fourth-order valence-corrected chi connectivity index (χ4v) is 2.31. The van der Waals surface area contributed by atoms with Crippen molar-refractivity contribution in [1.82, 2.24) is 0 Å². The van der Waals surface area contributed by atoms with Gasteiger partial charge in [-0.05, 0) is 35.1 Å². The molecule has 1 N–H and O–H groups in total. The van der Waals surface area contributed by atoms with E-state index < -0.39 is 0 Å². The average Bonchev–Trinajstić information content (AvgIpc) is 2.22. The number of hydrogen-bond donors (Lipinski definition) is 1. The minimum Gasteiger partial charge on any atom is -0.388 e. The molecule has 13 heavy (non-hydrogen) atoms. The van der Waals surface area contributed by atoms with Crippen LogP contribution >= 0.6 is 11.6 Å². The van der Waals surface area contributed by atoms with Crippen molar-refractivity contribution in [2.75, 3.05) is 0 Å². The maximum absolute atomic E-state index is 9.78. The minimum absolute atomic E-state index is 0.0827. The third-order valence-electron chi connectivity index (χ3n) is 2.81. The Bertz CT molecular complexity index is 344. The molecule has 0 radical (unpaired) electrons. The minimum atomic E-state index is -0.344. The van der Waals surface area contributed by atoms with Crippen molar-refractivity contribution < 1.29 is 5.11 Å². The topological polar surface area (TPSA) is 20.2 Å². The monoisotopic (exact) mass is 196 g/mol. The predicted molar refractivity (Wildman–Crippen MR) is 54.1 cm³/mol. The summed E-state index contributed by atoms with van der Waals surface area (Å²) in [6.07, 6.45) is 0.451. The van der Waals surface area contributed by atoms with Crippen LogP contribution in [-0.2, 0) is 5.41 Å². The number of aliphatic hydroxyl groups is 1. The van der Waals surface area contributed by atoms with Crippen molar-refractivity contribution in [2.24, 2.45) is 0 Å². The van der Waals surface area contributed by atoms with Crippen molar-refractivity contribution in [3.63, 3.8) is 0 Å². The molecule has 0 heterocycles. The highest BCUT2D eigenvalue weighted by Crippen LogP contribution is 2.44. The van der Waals surface area contributed by atoms with Gasteiger partial charge in [0.1, 0.15) is 0 Å². The van der Waals surface area contributed by atoms with Crippen LogP contribution in [0.25, 0.3) is 0 Å². The first-order valence-electron chi connectivity index (χ1n) is 4.49. The van der Waals surface area contributed by atoms with Crippen molar-refractivity contribution in [2.45, 2.75) is 31.8 Å². The molecule has 0 saturated carbocycles. The van der Waals surface area contributed by atoms with Gasteiger partial charge in [0, 0.05) is 5.02 Å². The molecule has 1 aliphatic carbocycles. The van der Waals surface area contributed by atoms with Gasteiger partial charge < -0.3 is 5.11 Å². The summed E-state index contributed by atoms with van der Waals surface area (Å²) in [5, 5.41) is 10.5. The first-order valence-corrected chi connectivity index (χ1v) is 4.86. The smallest absolute Gasteiger partial charge is 0.0801 e. The van der Waals surface area contributed by atoms with E-state index in [9.17, 15) is 5.11 Å². The zero-order chi connectivity index (χ0) is 9.64. The number of benzene rings is 1. The Balaban J connectivity index is 2.59. The quantitative estimate of drug-likeness (QED) is 0.676. The molecule has 2 heteroatoms. The number of rotatable bonds is 0. The van der Waals surface area contributed by atoms with Gasteiger partial charge in [0.15, 0.2) is 0 Å². The molecule has 1 aromatic rings. The molecule has 0 amide bonds. The number of aliphatic hydroxyl groups excluding tert-OH is 1. The van der Waals surface area contributed by atoms with E-state index in [1.54, 1.807) is 0 Å². The predicted octanol–water partition coefficient (Wildman–Crippen LogP) is 3.05. The summed E-state index contributed by atoms with van der Waals surface area (Å²) in [5.41, 5.74) is 2.31. The maximum atomic E-state index is 9.78. The molecular formula is C11H13ClO. The Morgan fingerprint density at radius 1 is 1.46 bits per heavy atom. The second kappa shape index (κ2) is 2.73. The van der Waals surface area contributed by atoms with Crippen LogP contribution in [0.4, 0.5) is 0 Å². The molecule has 1 nitrogen and oxygen atoms in total. The molecule has 1 atom stereocenters. The Morgan fingerprint density at radius 3 is 2.85 bits per heavy atom. The van der Waals surface area contributed by atoms with Gasteiger partial charge in [-0.1, -0.05) is 31.5 Å². The van der Waals surface area contributed by atoms with Gasteiger partial charge in [0.05, 0.1) is 6.10 Å². The summed E-state index contributed by atoms with van der Waals surface area (Å²) in [7, 11) is 0. The highest BCUT2D eigenvalue weighted by Gasteiger charge is 2.35. The van der Waals surface area contributed by atoms with Gasteiger partial charge in [-0.2, -0.15) is 0 Å². The van der Waals surface area contributed by atoms with Gasteiger partial charge in [-0.25, -0.2) is 0 Å². The van der Waals surface area contributed by atoms with Crippen molar-refractivity contribution in [3.8, 4) is 0 Å². The molecule has 0 bridgehead atoms. The van der Waals surface area contributed by atoms with Gasteiger partial charge in [-0.3, -0.25) is 0 Å². The first kappa shape index (κ1) is 9.04. The van der Waals surface area contributed by atoms with E-state index in [0.717, 1.165) is 12.0 Å². The summed E-state index contributed by atoms with van der Waals surface area (Å²) in [6.45, 7) is 4.30. The summed E-state index contributed by atoms with van der Waals surface area (Å²) in [6, 6.07) is 5.78. The summed E-state index contributed by atoms with van der Waals surface area (Å²) >= 11 is 5.87. The SMILES string of the molecule is CC1(C)C[C@H](O)c2cc(Cl)ccc21. The zero-order valence-corrected chi connectivity index (χ0v) is 8.60. The molecule has 0 unspecified atom stereocenters. The third-order valence-corrected chi connectivity index (χ3v) is 3.04. The zero-order valence-electron chi connectivity index (χ0n) is 7.84. The Morgan fingerprint density at radius 2 is 2.15 bits per heavy atom. The van der Waals surface area contributed by atoms with Crippen LogP contribution < -0.4 is 0 Å². The van der Waals surface area contributed by atoms with Gasteiger partial charge >= 0.3 is 0 Å². The Kier molecular flexibility index (Phi) is 1.90. The van der Waals surface area contributed by atoms with E-state index in [1.165, 1.54) is 5.56 Å². The van der Waals surface area contributed by atoms with Crippen LogP contribution in [0.3, 0.4) is 0 Å². The van der Waals surface area contributed by atoms with Gasteiger partial charge in [-0.15, -0.1) is 0 Å². The second-order valence-corrected chi connectivity index (χ2v) is 4.77. The van der Waals surface area contributed by atoms with Crippen LogP contribution in [0.1, 0.15) is 37.5 Å². The second-order valence-electron chi connectivity index (χ2n) is 4.34. The summed E-state index contributed by atoms with van der Waals surface area (Å²) in [5.74, 6) is 0. The molecule has 1 aliphatic rings. The van der Waals surface area contributed by atoms with Crippen LogP contribution in [0.15, 0.2) is 18.2 Å². The molecule has 0 fully saturated rings. The molecule has 0 saturated heterocycles. The lowest BCUT2D eigenvalue weighted by Crippen LogP contribution is -2.11. The normalized spacial score (nSPS) is 24.5. The van der Waals surface area contributed by atoms with Crippen LogP contribution in [0.5, 0.6) is 0 Å². The van der Waals surface area contributed by atoms with Gasteiger partial charge in [0.2, 0.25) is 0 Å². The van der Waals surface area contributed by atoms with E-state index in [-0.39, 0.29) is 11.5 Å². The maximum Gasteiger partial charge on any atom is 0.0801 e. The van der Waals surface area contributed by atoms with E-state index in [1.807, 2.05) is 18.2 Å². The van der Waals surface area contributed by atoms with E-state index in [2.05, 4.69) is 13.8 Å². The molecule has 2 rings (SSSR count). The molecule has 0 spiro atoms. The summed E-state index contributed by atoms with van der Waals surface area (Å²) < 4.78 is 0. The lowest BCUT2D eigenvalue weighted by atomic mass is 9.87. The van der Waals surface area contributed by atoms with Crippen LogP contribution in [-0.4, -0.2) is 5.11 Å². The average molecular weight is 197 g/mol.